The number of fused-ring (bicyclic) bond motifs is 1. The fraction of sp³-hybridized carbons (Fsp3) is 0.136. The number of methoxy groups -OCH3 is 1. The lowest BCUT2D eigenvalue weighted by Crippen LogP contribution is -2.38. The first-order valence-electron chi connectivity index (χ1n) is 9.22. The summed E-state index contributed by atoms with van der Waals surface area (Å²) >= 11 is 1.24. The number of carbonyl (C=O) groups is 1. The molecule has 1 aliphatic heterocycles. The van der Waals surface area contributed by atoms with Gasteiger partial charge in [-0.25, -0.2) is 8.42 Å². The Morgan fingerprint density at radius 2 is 1.90 bits per heavy atom. The van der Waals surface area contributed by atoms with E-state index in [9.17, 15) is 13.2 Å². The molecule has 0 atom stereocenters. The van der Waals surface area contributed by atoms with Crippen molar-refractivity contribution in [1.29, 1.82) is 0 Å². The SMILES string of the molecule is COc1ccc(C)cc1N/C=C1/C(=O)c2sccc2N(Cc2ccccc2)S1(=O)=O. The minimum absolute atomic E-state index is 0.144. The van der Waals surface area contributed by atoms with Gasteiger partial charge in [0.05, 0.1) is 25.0 Å². The lowest BCUT2D eigenvalue weighted by molar-refractivity contribution is 0.104. The van der Waals surface area contributed by atoms with Gasteiger partial charge in [-0.15, -0.1) is 11.3 Å². The zero-order valence-electron chi connectivity index (χ0n) is 16.5. The van der Waals surface area contributed by atoms with Crippen molar-refractivity contribution in [2.45, 2.75) is 13.5 Å². The predicted octanol–water partition coefficient (Wildman–Crippen LogP) is 4.55. The molecule has 0 bridgehead atoms. The Morgan fingerprint density at radius 3 is 2.63 bits per heavy atom. The second kappa shape index (κ2) is 7.97. The average Bonchev–Trinajstić information content (AvgIpc) is 3.21. The van der Waals surface area contributed by atoms with Crippen molar-refractivity contribution in [2.24, 2.45) is 0 Å². The second-order valence-corrected chi connectivity index (χ2v) is 9.56. The van der Waals surface area contributed by atoms with E-state index in [2.05, 4.69) is 5.32 Å². The van der Waals surface area contributed by atoms with Crippen molar-refractivity contribution < 1.29 is 17.9 Å². The summed E-state index contributed by atoms with van der Waals surface area (Å²) in [6.07, 6.45) is 1.26. The Hall–Kier alpha value is -3.10. The Kier molecular flexibility index (Phi) is 5.36. The van der Waals surface area contributed by atoms with Crippen LogP contribution < -0.4 is 14.4 Å². The molecule has 8 heteroatoms. The van der Waals surface area contributed by atoms with E-state index in [0.29, 0.717) is 22.0 Å². The van der Waals surface area contributed by atoms with Crippen LogP contribution in [0.25, 0.3) is 0 Å². The Balaban J connectivity index is 1.76. The number of ether oxygens (including phenoxy) is 1. The molecule has 1 aromatic heterocycles. The van der Waals surface area contributed by atoms with E-state index >= 15 is 0 Å². The molecule has 1 aliphatic rings. The third-order valence-corrected chi connectivity index (χ3v) is 7.46. The van der Waals surface area contributed by atoms with Gasteiger partial charge in [-0.2, -0.15) is 0 Å². The van der Waals surface area contributed by atoms with E-state index in [1.807, 2.05) is 49.4 Å². The van der Waals surface area contributed by atoms with Gasteiger partial charge in [0.25, 0.3) is 10.0 Å². The standard InChI is InChI=1S/C22H20N2O4S2/c1-15-8-9-19(28-2)17(12-15)23-13-20-21(25)22-18(10-11-29-22)24(30(20,26)27)14-16-6-4-3-5-7-16/h3-13,23H,14H2,1-2H3/b20-13-. The number of aryl methyl sites for hydroxylation is 1. The molecule has 0 radical (unpaired) electrons. The fourth-order valence-corrected chi connectivity index (χ4v) is 5.77. The molecule has 30 heavy (non-hydrogen) atoms. The number of sulfonamides is 1. The van der Waals surface area contributed by atoms with Crippen molar-refractivity contribution in [3.8, 4) is 5.75 Å². The van der Waals surface area contributed by atoms with Crippen LogP contribution in [0.1, 0.15) is 20.8 Å². The van der Waals surface area contributed by atoms with Crippen molar-refractivity contribution in [1.82, 2.24) is 0 Å². The maximum atomic E-state index is 13.4. The number of thiophene rings is 1. The van der Waals surface area contributed by atoms with Crippen LogP contribution in [0.3, 0.4) is 0 Å². The lowest BCUT2D eigenvalue weighted by atomic mass is 10.2. The summed E-state index contributed by atoms with van der Waals surface area (Å²) in [4.78, 5) is 13.1. The summed E-state index contributed by atoms with van der Waals surface area (Å²) in [5.41, 5.74) is 2.81. The number of nitrogens with one attached hydrogen (secondary N) is 1. The average molecular weight is 441 g/mol. The summed E-state index contributed by atoms with van der Waals surface area (Å²) < 4.78 is 33.4. The van der Waals surface area contributed by atoms with Gasteiger partial charge < -0.3 is 10.1 Å². The molecule has 2 aromatic carbocycles. The number of nitrogens with zero attached hydrogens (tertiary/aromatic N) is 1. The van der Waals surface area contributed by atoms with Gasteiger partial charge >= 0.3 is 0 Å². The molecule has 0 fully saturated rings. The molecule has 2 heterocycles. The molecular weight excluding hydrogens is 420 g/mol. The van der Waals surface area contributed by atoms with Gasteiger partial charge in [0, 0.05) is 6.20 Å². The summed E-state index contributed by atoms with van der Waals surface area (Å²) in [5.74, 6) is 0.0412. The van der Waals surface area contributed by atoms with E-state index in [1.165, 1.54) is 29.0 Å². The monoisotopic (exact) mass is 440 g/mol. The van der Waals surface area contributed by atoms with E-state index in [4.69, 9.17) is 4.74 Å². The maximum absolute atomic E-state index is 13.4. The first kappa shape index (κ1) is 20.2. The fourth-order valence-electron chi connectivity index (χ4n) is 3.28. The second-order valence-electron chi connectivity index (χ2n) is 6.82. The minimum Gasteiger partial charge on any atom is -0.495 e. The molecule has 0 amide bonds. The summed E-state index contributed by atoms with van der Waals surface area (Å²) in [6, 6.07) is 16.5. The quantitative estimate of drug-likeness (QED) is 0.589. The molecule has 0 aliphatic carbocycles. The van der Waals surface area contributed by atoms with Gasteiger partial charge in [0.1, 0.15) is 10.6 Å². The lowest BCUT2D eigenvalue weighted by Gasteiger charge is -2.29. The first-order chi connectivity index (χ1) is 14.4. The van der Waals surface area contributed by atoms with Crippen LogP contribution in [0.15, 0.2) is 71.1 Å². The zero-order valence-corrected chi connectivity index (χ0v) is 18.1. The van der Waals surface area contributed by atoms with Crippen molar-refractivity contribution >= 4 is 38.5 Å². The summed E-state index contributed by atoms with van der Waals surface area (Å²) in [5, 5.41) is 4.69. The number of anilines is 2. The van der Waals surface area contributed by atoms with Gasteiger partial charge in [-0.1, -0.05) is 36.4 Å². The highest BCUT2D eigenvalue weighted by Gasteiger charge is 2.41. The highest BCUT2D eigenvalue weighted by molar-refractivity contribution is 7.97. The molecule has 0 unspecified atom stereocenters. The number of ketones is 1. The van der Waals surface area contributed by atoms with Crippen molar-refractivity contribution in [2.75, 3.05) is 16.7 Å². The number of benzene rings is 2. The number of hydrogen-bond acceptors (Lipinski definition) is 6. The first-order valence-corrected chi connectivity index (χ1v) is 11.5. The van der Waals surface area contributed by atoms with Gasteiger partial charge in [-0.3, -0.25) is 9.10 Å². The van der Waals surface area contributed by atoms with E-state index in [0.717, 1.165) is 11.1 Å². The molecule has 1 N–H and O–H groups in total. The summed E-state index contributed by atoms with van der Waals surface area (Å²) in [6.45, 7) is 2.06. The molecule has 4 rings (SSSR count). The number of allylic oxidation sites excluding steroid dienone is 1. The number of Topliss-reactive ketones (excluding diaryl/α,β-unsaturated/α-hetero) is 1. The third-order valence-electron chi connectivity index (χ3n) is 4.79. The van der Waals surface area contributed by atoms with Crippen LogP contribution in [-0.2, 0) is 16.6 Å². The normalized spacial score (nSPS) is 16.4. The molecule has 0 saturated heterocycles. The third kappa shape index (κ3) is 3.59. The smallest absolute Gasteiger partial charge is 0.270 e. The van der Waals surface area contributed by atoms with Crippen LogP contribution in [0.4, 0.5) is 11.4 Å². The van der Waals surface area contributed by atoms with Crippen molar-refractivity contribution in [3.05, 3.63) is 87.1 Å². The van der Waals surface area contributed by atoms with Gasteiger partial charge in [0.15, 0.2) is 4.91 Å². The Labute approximate surface area is 179 Å². The predicted molar refractivity (Wildman–Crippen MR) is 120 cm³/mol. The molecule has 0 spiro atoms. The number of rotatable bonds is 5. The van der Waals surface area contributed by atoms with Crippen LogP contribution in [0, 0.1) is 6.92 Å². The van der Waals surface area contributed by atoms with Crippen LogP contribution in [0.5, 0.6) is 5.75 Å². The summed E-state index contributed by atoms with van der Waals surface area (Å²) in [7, 11) is -2.51. The Bertz CT molecular complexity index is 1230. The van der Waals surface area contributed by atoms with Gasteiger partial charge in [0.2, 0.25) is 5.78 Å². The van der Waals surface area contributed by atoms with Crippen LogP contribution in [0.2, 0.25) is 0 Å². The highest BCUT2D eigenvalue weighted by Crippen LogP contribution is 2.39. The van der Waals surface area contributed by atoms with Crippen LogP contribution >= 0.6 is 11.3 Å². The molecule has 6 nitrogen and oxygen atoms in total. The van der Waals surface area contributed by atoms with E-state index < -0.39 is 15.8 Å². The number of hydrogen-bond donors (Lipinski definition) is 1. The Morgan fingerprint density at radius 1 is 1.13 bits per heavy atom. The zero-order chi connectivity index (χ0) is 21.3. The molecule has 154 valence electrons. The topological polar surface area (TPSA) is 75.7 Å². The van der Waals surface area contributed by atoms with E-state index in [-0.39, 0.29) is 11.4 Å². The van der Waals surface area contributed by atoms with Gasteiger partial charge in [-0.05, 0) is 41.6 Å². The highest BCUT2D eigenvalue weighted by atomic mass is 32.2. The van der Waals surface area contributed by atoms with Crippen LogP contribution in [-0.4, -0.2) is 21.3 Å². The maximum Gasteiger partial charge on any atom is 0.270 e. The van der Waals surface area contributed by atoms with E-state index in [1.54, 1.807) is 17.5 Å². The molecule has 0 saturated carbocycles. The van der Waals surface area contributed by atoms with Crippen molar-refractivity contribution in [3.63, 3.8) is 0 Å². The molecule has 3 aromatic rings. The number of carbonyl (C=O) groups excluding carboxylic acids is 1. The molecular formula is C22H20N2O4S2. The largest absolute Gasteiger partial charge is 0.495 e. The minimum atomic E-state index is -4.05.